The third-order valence-electron chi connectivity index (χ3n) is 2.70. The Hall–Kier alpha value is -0.980. The van der Waals surface area contributed by atoms with E-state index in [0.717, 1.165) is 12.2 Å². The first kappa shape index (κ1) is 7.66. The fourth-order valence-electron chi connectivity index (χ4n) is 2.00. The van der Waals surface area contributed by atoms with E-state index in [9.17, 15) is 0 Å². The van der Waals surface area contributed by atoms with E-state index in [0.29, 0.717) is 5.41 Å². The molecule has 64 valence electrons. The van der Waals surface area contributed by atoms with E-state index in [1.807, 2.05) is 6.07 Å². The van der Waals surface area contributed by atoms with Crippen molar-refractivity contribution in [1.29, 1.82) is 0 Å². The van der Waals surface area contributed by atoms with Crippen molar-refractivity contribution in [2.75, 3.05) is 7.11 Å². The summed E-state index contributed by atoms with van der Waals surface area (Å²) in [6, 6.07) is 6.30. The Balaban J connectivity index is 2.50. The molecule has 0 heterocycles. The van der Waals surface area contributed by atoms with E-state index in [4.69, 9.17) is 4.74 Å². The second-order valence-corrected chi connectivity index (χ2v) is 4.05. The van der Waals surface area contributed by atoms with Crippen molar-refractivity contribution < 1.29 is 4.74 Å². The predicted molar refractivity (Wildman–Crippen MR) is 49.7 cm³/mol. The molecule has 0 atom stereocenters. The van der Waals surface area contributed by atoms with Gasteiger partial charge in [0.1, 0.15) is 5.75 Å². The molecule has 1 aromatic carbocycles. The van der Waals surface area contributed by atoms with Gasteiger partial charge in [0.05, 0.1) is 7.11 Å². The Morgan fingerprint density at radius 1 is 1.33 bits per heavy atom. The van der Waals surface area contributed by atoms with Crippen LogP contribution in [-0.4, -0.2) is 7.11 Å². The van der Waals surface area contributed by atoms with Crippen molar-refractivity contribution >= 4 is 0 Å². The molecule has 0 bridgehead atoms. The maximum absolute atomic E-state index is 5.27. The van der Waals surface area contributed by atoms with Gasteiger partial charge in [-0.2, -0.15) is 0 Å². The Morgan fingerprint density at radius 2 is 2.08 bits per heavy atom. The van der Waals surface area contributed by atoms with Crippen molar-refractivity contribution in [3.63, 3.8) is 0 Å². The normalized spacial score (nSPS) is 17.9. The lowest BCUT2D eigenvalue weighted by atomic mass is 9.66. The lowest BCUT2D eigenvalue weighted by Gasteiger charge is -2.38. The van der Waals surface area contributed by atoms with Crippen LogP contribution in [0.3, 0.4) is 0 Å². The molecule has 1 nitrogen and oxygen atoms in total. The molecule has 0 aliphatic heterocycles. The van der Waals surface area contributed by atoms with Crippen LogP contribution in [0.25, 0.3) is 0 Å². The number of fused-ring (bicyclic) bond motifs is 1. The molecule has 0 unspecified atom stereocenters. The Bertz CT molecular complexity index is 313. The zero-order chi connectivity index (χ0) is 8.77. The molecule has 1 aromatic rings. The van der Waals surface area contributed by atoms with Gasteiger partial charge in [-0.05, 0) is 29.0 Å². The van der Waals surface area contributed by atoms with Gasteiger partial charge in [-0.25, -0.2) is 0 Å². The highest BCUT2D eigenvalue weighted by Gasteiger charge is 2.35. The van der Waals surface area contributed by atoms with Crippen LogP contribution >= 0.6 is 0 Å². The van der Waals surface area contributed by atoms with Gasteiger partial charge >= 0.3 is 0 Å². The molecule has 12 heavy (non-hydrogen) atoms. The van der Waals surface area contributed by atoms with Gasteiger partial charge in [-0.1, -0.05) is 26.0 Å². The third kappa shape index (κ3) is 0.857. The van der Waals surface area contributed by atoms with Crippen molar-refractivity contribution in [3.8, 4) is 5.75 Å². The van der Waals surface area contributed by atoms with E-state index in [1.165, 1.54) is 11.1 Å². The average molecular weight is 162 g/mol. The van der Waals surface area contributed by atoms with E-state index in [-0.39, 0.29) is 0 Å². The van der Waals surface area contributed by atoms with Crippen LogP contribution in [-0.2, 0) is 11.8 Å². The van der Waals surface area contributed by atoms with E-state index < -0.39 is 0 Å². The lowest BCUT2D eigenvalue weighted by Crippen LogP contribution is -2.32. The van der Waals surface area contributed by atoms with Crippen LogP contribution in [0, 0.1) is 0 Å². The van der Waals surface area contributed by atoms with Crippen LogP contribution < -0.4 is 4.74 Å². The molecule has 0 radical (unpaired) electrons. The van der Waals surface area contributed by atoms with Crippen molar-refractivity contribution in [3.05, 3.63) is 29.3 Å². The Kier molecular flexibility index (Phi) is 1.44. The maximum Gasteiger partial charge on any atom is 0.122 e. The highest BCUT2D eigenvalue weighted by molar-refractivity contribution is 5.51. The molecular formula is C11H14O. The number of benzene rings is 1. The number of hydrogen-bond acceptors (Lipinski definition) is 1. The standard InChI is InChI=1S/C11H14O/c1-11(2)7-8-9(11)5-4-6-10(8)12-3/h4-6H,7H2,1-3H3. The van der Waals surface area contributed by atoms with E-state index in [1.54, 1.807) is 7.11 Å². The van der Waals surface area contributed by atoms with E-state index >= 15 is 0 Å². The zero-order valence-corrected chi connectivity index (χ0v) is 7.85. The lowest BCUT2D eigenvalue weighted by molar-refractivity contribution is 0.378. The summed E-state index contributed by atoms with van der Waals surface area (Å²) in [5, 5.41) is 0. The minimum absolute atomic E-state index is 0.365. The van der Waals surface area contributed by atoms with Crippen LogP contribution in [0.5, 0.6) is 5.75 Å². The highest BCUT2D eigenvalue weighted by atomic mass is 16.5. The Morgan fingerprint density at radius 3 is 2.67 bits per heavy atom. The molecule has 1 aliphatic carbocycles. The summed E-state index contributed by atoms with van der Waals surface area (Å²) in [6.45, 7) is 4.55. The maximum atomic E-state index is 5.27. The first-order chi connectivity index (χ1) is 5.65. The summed E-state index contributed by atoms with van der Waals surface area (Å²) in [6.07, 6.45) is 1.15. The third-order valence-corrected chi connectivity index (χ3v) is 2.70. The molecule has 0 spiro atoms. The van der Waals surface area contributed by atoms with E-state index in [2.05, 4.69) is 26.0 Å². The second-order valence-electron chi connectivity index (χ2n) is 4.05. The van der Waals surface area contributed by atoms with Crippen LogP contribution in [0.4, 0.5) is 0 Å². The van der Waals surface area contributed by atoms with Gasteiger partial charge in [0, 0.05) is 0 Å². The average Bonchev–Trinajstić information content (AvgIpc) is 2.03. The van der Waals surface area contributed by atoms with Crippen molar-refractivity contribution in [2.45, 2.75) is 25.7 Å². The minimum Gasteiger partial charge on any atom is -0.496 e. The van der Waals surface area contributed by atoms with Gasteiger partial charge in [-0.15, -0.1) is 0 Å². The first-order valence-corrected chi connectivity index (χ1v) is 4.31. The molecule has 1 aliphatic rings. The number of rotatable bonds is 1. The fraction of sp³-hybridized carbons (Fsp3) is 0.455. The molecule has 0 saturated carbocycles. The van der Waals surface area contributed by atoms with Gasteiger partial charge in [0.25, 0.3) is 0 Å². The topological polar surface area (TPSA) is 9.23 Å². The molecule has 0 saturated heterocycles. The summed E-state index contributed by atoms with van der Waals surface area (Å²) < 4.78 is 5.27. The fourth-order valence-corrected chi connectivity index (χ4v) is 2.00. The molecule has 0 fully saturated rings. The zero-order valence-electron chi connectivity index (χ0n) is 7.85. The van der Waals surface area contributed by atoms with Crippen LogP contribution in [0.15, 0.2) is 18.2 Å². The largest absolute Gasteiger partial charge is 0.496 e. The van der Waals surface area contributed by atoms with Crippen LogP contribution in [0.2, 0.25) is 0 Å². The molecule has 0 amide bonds. The summed E-state index contributed by atoms with van der Waals surface area (Å²) in [4.78, 5) is 0. The minimum atomic E-state index is 0.365. The van der Waals surface area contributed by atoms with Gasteiger partial charge in [0.15, 0.2) is 0 Å². The Labute approximate surface area is 73.4 Å². The van der Waals surface area contributed by atoms with Crippen molar-refractivity contribution in [1.82, 2.24) is 0 Å². The monoisotopic (exact) mass is 162 g/mol. The number of methoxy groups -OCH3 is 1. The van der Waals surface area contributed by atoms with Gasteiger partial charge < -0.3 is 4.74 Å². The second kappa shape index (κ2) is 2.25. The summed E-state index contributed by atoms with van der Waals surface area (Å²) in [5.74, 6) is 1.05. The molecule has 0 aromatic heterocycles. The number of ether oxygens (including phenoxy) is 1. The molecule has 1 heteroatoms. The van der Waals surface area contributed by atoms with Gasteiger partial charge in [0.2, 0.25) is 0 Å². The predicted octanol–water partition coefficient (Wildman–Crippen LogP) is 2.53. The SMILES string of the molecule is COc1cccc2c1CC2(C)C. The molecule has 2 rings (SSSR count). The van der Waals surface area contributed by atoms with Crippen LogP contribution in [0.1, 0.15) is 25.0 Å². The molecular weight excluding hydrogens is 148 g/mol. The smallest absolute Gasteiger partial charge is 0.122 e. The summed E-state index contributed by atoms with van der Waals surface area (Å²) in [5.41, 5.74) is 3.20. The summed E-state index contributed by atoms with van der Waals surface area (Å²) in [7, 11) is 1.74. The number of hydrogen-bond donors (Lipinski definition) is 0. The van der Waals surface area contributed by atoms with Gasteiger partial charge in [-0.3, -0.25) is 0 Å². The quantitative estimate of drug-likeness (QED) is 0.616. The summed E-state index contributed by atoms with van der Waals surface area (Å²) >= 11 is 0. The molecule has 0 N–H and O–H groups in total. The highest BCUT2D eigenvalue weighted by Crippen LogP contribution is 2.44. The first-order valence-electron chi connectivity index (χ1n) is 4.31. The van der Waals surface area contributed by atoms with Crippen molar-refractivity contribution in [2.24, 2.45) is 0 Å².